The number of aromatic hydroxyl groups is 1. The number of hydrogen-bond acceptors (Lipinski definition) is 8. The lowest BCUT2D eigenvalue weighted by molar-refractivity contribution is -0.122. The first kappa shape index (κ1) is 24.2. The predicted octanol–water partition coefficient (Wildman–Crippen LogP) is 3.23. The van der Waals surface area contributed by atoms with Gasteiger partial charge in [0.1, 0.15) is 15.6 Å². The molecule has 0 saturated carbocycles. The smallest absolute Gasteiger partial charge is 0.350 e. The normalized spacial score (nSPS) is 20.8. The van der Waals surface area contributed by atoms with Gasteiger partial charge in [-0.2, -0.15) is 0 Å². The molecule has 0 amide bonds. The van der Waals surface area contributed by atoms with Crippen LogP contribution in [0.2, 0.25) is 0 Å². The van der Waals surface area contributed by atoms with Crippen molar-refractivity contribution in [2.24, 2.45) is 5.41 Å². The molecule has 0 radical (unpaired) electrons. The van der Waals surface area contributed by atoms with Crippen molar-refractivity contribution in [1.82, 2.24) is 14.8 Å². The number of carbonyl (C=O) groups excluding carboxylic acids is 1. The topological polar surface area (TPSA) is 103 Å². The number of esters is 1. The predicted molar refractivity (Wildman–Crippen MR) is 123 cm³/mol. The molecule has 32 heavy (non-hydrogen) atoms. The van der Waals surface area contributed by atoms with Gasteiger partial charge < -0.3 is 19.8 Å². The van der Waals surface area contributed by atoms with E-state index in [4.69, 9.17) is 14.6 Å². The maximum atomic E-state index is 12.1. The van der Waals surface area contributed by atoms with Crippen LogP contribution in [0.3, 0.4) is 0 Å². The second-order valence-electron chi connectivity index (χ2n) is 8.55. The van der Waals surface area contributed by atoms with E-state index in [0.717, 1.165) is 35.8 Å². The third-order valence-electron chi connectivity index (χ3n) is 6.12. The highest BCUT2D eigenvalue weighted by molar-refractivity contribution is 7.17. The van der Waals surface area contributed by atoms with Crippen molar-refractivity contribution in [2.75, 3.05) is 39.8 Å². The zero-order valence-electron chi connectivity index (χ0n) is 18.8. The molecule has 2 saturated heterocycles. The zero-order chi connectivity index (χ0) is 23.3. The maximum Gasteiger partial charge on any atom is 0.350 e. The van der Waals surface area contributed by atoms with Crippen molar-refractivity contribution in [3.8, 4) is 16.3 Å². The van der Waals surface area contributed by atoms with Crippen LogP contribution < -0.4 is 0 Å². The van der Waals surface area contributed by atoms with Gasteiger partial charge in [-0.1, -0.05) is 0 Å². The molecule has 1 atom stereocenters. The van der Waals surface area contributed by atoms with Crippen molar-refractivity contribution >= 4 is 23.8 Å². The first-order valence-electron chi connectivity index (χ1n) is 10.8. The van der Waals surface area contributed by atoms with Crippen LogP contribution in [0.25, 0.3) is 10.6 Å². The van der Waals surface area contributed by atoms with Gasteiger partial charge in [0.25, 0.3) is 6.47 Å². The molecule has 0 aliphatic carbocycles. The van der Waals surface area contributed by atoms with Crippen molar-refractivity contribution in [3.63, 3.8) is 0 Å². The van der Waals surface area contributed by atoms with E-state index in [1.165, 1.54) is 37.3 Å². The van der Waals surface area contributed by atoms with Gasteiger partial charge in [-0.15, -0.1) is 11.3 Å². The maximum absolute atomic E-state index is 12.1. The van der Waals surface area contributed by atoms with E-state index in [1.54, 1.807) is 13.0 Å². The Balaban J connectivity index is 0.000000913. The number of phenols is 1. The fraction of sp³-hybridized carbons (Fsp3) is 0.522. The molecule has 174 valence electrons. The molecule has 2 fully saturated rings. The lowest BCUT2D eigenvalue weighted by atomic mass is 9.86. The Kier molecular flexibility index (Phi) is 7.86. The van der Waals surface area contributed by atoms with E-state index in [2.05, 4.69) is 21.8 Å². The van der Waals surface area contributed by atoms with Crippen LogP contribution in [-0.4, -0.2) is 77.3 Å². The minimum atomic E-state index is -0.323. The molecule has 2 N–H and O–H groups in total. The molecular formula is C23H31N3O5S. The summed E-state index contributed by atoms with van der Waals surface area (Å²) in [5.74, 6) is -0.00576. The number of ether oxygens (including phenoxy) is 1. The van der Waals surface area contributed by atoms with Gasteiger partial charge in [0.15, 0.2) is 0 Å². The molecule has 0 unspecified atom stereocenters. The average molecular weight is 462 g/mol. The Hall–Kier alpha value is -2.49. The number of thiazole rings is 1. The number of carboxylic acid groups (broad SMARTS) is 1. The van der Waals surface area contributed by atoms with Gasteiger partial charge in [-0.3, -0.25) is 9.69 Å². The van der Waals surface area contributed by atoms with Gasteiger partial charge in [-0.05, 0) is 70.4 Å². The zero-order valence-corrected chi connectivity index (χ0v) is 19.7. The lowest BCUT2D eigenvalue weighted by Crippen LogP contribution is -2.29. The summed E-state index contributed by atoms with van der Waals surface area (Å²) in [6, 6.07) is 5.61. The fourth-order valence-electron chi connectivity index (χ4n) is 4.65. The average Bonchev–Trinajstić information content (AvgIpc) is 3.43. The quantitative estimate of drug-likeness (QED) is 0.517. The summed E-state index contributed by atoms with van der Waals surface area (Å²) in [6.45, 7) is 8.97. The van der Waals surface area contributed by atoms with Gasteiger partial charge in [0.05, 0.1) is 12.3 Å². The summed E-state index contributed by atoms with van der Waals surface area (Å²) in [4.78, 5) is 30.5. The Morgan fingerprint density at radius 2 is 2.03 bits per heavy atom. The number of likely N-dealkylation sites (tertiary alicyclic amines) is 2. The molecule has 3 heterocycles. The Bertz CT molecular complexity index is 963. The monoisotopic (exact) mass is 461 g/mol. The van der Waals surface area contributed by atoms with Crippen LogP contribution in [-0.2, 0) is 16.1 Å². The second kappa shape index (κ2) is 10.4. The third kappa shape index (κ3) is 5.46. The molecule has 1 spiro atoms. The molecule has 1 aromatic heterocycles. The highest BCUT2D eigenvalue weighted by Crippen LogP contribution is 2.40. The van der Waals surface area contributed by atoms with Crippen molar-refractivity contribution < 1.29 is 24.5 Å². The number of phenolic OH excluding ortho intramolecular Hbond substituents is 1. The van der Waals surface area contributed by atoms with Crippen LogP contribution in [0.15, 0.2) is 18.2 Å². The molecule has 8 nitrogen and oxygen atoms in total. The highest BCUT2D eigenvalue weighted by Gasteiger charge is 2.42. The van der Waals surface area contributed by atoms with Gasteiger partial charge >= 0.3 is 5.97 Å². The number of aromatic nitrogens is 1. The number of aryl methyl sites for hydroxylation is 1. The van der Waals surface area contributed by atoms with Crippen LogP contribution in [0.1, 0.15) is 40.7 Å². The van der Waals surface area contributed by atoms with Crippen LogP contribution in [0, 0.1) is 12.3 Å². The summed E-state index contributed by atoms with van der Waals surface area (Å²) < 4.78 is 5.12. The molecule has 4 rings (SSSR count). The van der Waals surface area contributed by atoms with Crippen molar-refractivity contribution in [3.05, 3.63) is 34.3 Å². The molecule has 0 bridgehead atoms. The van der Waals surface area contributed by atoms with Gasteiger partial charge in [0, 0.05) is 30.8 Å². The number of nitrogens with zero attached hydrogens (tertiary/aromatic N) is 3. The van der Waals surface area contributed by atoms with Crippen LogP contribution in [0.5, 0.6) is 5.75 Å². The summed E-state index contributed by atoms with van der Waals surface area (Å²) >= 11 is 1.35. The second-order valence-corrected chi connectivity index (χ2v) is 9.55. The molecule has 1 aromatic carbocycles. The largest absolute Gasteiger partial charge is 0.508 e. The summed E-state index contributed by atoms with van der Waals surface area (Å²) in [7, 11) is 2.20. The Morgan fingerprint density at radius 3 is 2.69 bits per heavy atom. The van der Waals surface area contributed by atoms with Crippen LogP contribution >= 0.6 is 11.3 Å². The Labute approximate surface area is 192 Å². The molecular weight excluding hydrogens is 430 g/mol. The SMILES string of the molecule is CCOC(=O)c1sc(-c2ccc(O)c(CN3CC[C@@]4(CCN(C)C4)C3)c2)nc1C.O=CO. The fourth-order valence-corrected chi connectivity index (χ4v) is 5.60. The lowest BCUT2D eigenvalue weighted by Gasteiger charge is -2.24. The minimum Gasteiger partial charge on any atom is -0.508 e. The van der Waals surface area contributed by atoms with E-state index in [1.807, 2.05) is 19.1 Å². The molecule has 2 aromatic rings. The molecule has 2 aliphatic heterocycles. The molecule has 2 aliphatic rings. The van der Waals surface area contributed by atoms with Crippen molar-refractivity contribution in [1.29, 1.82) is 0 Å². The summed E-state index contributed by atoms with van der Waals surface area (Å²) in [5, 5.41) is 18.1. The number of benzene rings is 1. The van der Waals surface area contributed by atoms with E-state index in [-0.39, 0.29) is 12.4 Å². The van der Waals surface area contributed by atoms with Crippen molar-refractivity contribution in [2.45, 2.75) is 33.2 Å². The minimum absolute atomic E-state index is 0.250. The first-order chi connectivity index (χ1) is 15.3. The van der Waals surface area contributed by atoms with E-state index >= 15 is 0 Å². The van der Waals surface area contributed by atoms with Gasteiger partial charge in [-0.25, -0.2) is 9.78 Å². The molecule has 9 heteroatoms. The Morgan fingerprint density at radius 1 is 1.31 bits per heavy atom. The summed E-state index contributed by atoms with van der Waals surface area (Å²) in [5.41, 5.74) is 2.94. The van der Waals surface area contributed by atoms with E-state index in [0.29, 0.717) is 28.3 Å². The third-order valence-corrected chi connectivity index (χ3v) is 7.31. The van der Waals surface area contributed by atoms with E-state index < -0.39 is 0 Å². The number of hydrogen-bond donors (Lipinski definition) is 2. The highest BCUT2D eigenvalue weighted by atomic mass is 32.1. The standard InChI is InChI=1S/C22H29N3O3S.CH2O2/c1-4-28-21(27)19-15(2)23-20(29-19)16-5-6-18(26)17(11-16)12-25-10-8-22(14-25)7-9-24(3)13-22;2-1-3/h5-6,11,26H,4,7-10,12-14H2,1-3H3;1H,(H,2,3)/t22-;/m1./s1. The number of carbonyl (C=O) groups is 2. The van der Waals surface area contributed by atoms with Crippen LogP contribution in [0.4, 0.5) is 0 Å². The number of rotatable bonds is 5. The first-order valence-corrected chi connectivity index (χ1v) is 11.6. The van der Waals surface area contributed by atoms with Gasteiger partial charge in [0.2, 0.25) is 0 Å². The summed E-state index contributed by atoms with van der Waals surface area (Å²) in [6.07, 6.45) is 2.49. The van der Waals surface area contributed by atoms with E-state index in [9.17, 15) is 9.90 Å².